The maximum absolute atomic E-state index is 11.5. The van der Waals surface area contributed by atoms with E-state index in [1.54, 1.807) is 12.1 Å². The van der Waals surface area contributed by atoms with Crippen LogP contribution in [0.1, 0.15) is 21.5 Å². The minimum Gasteiger partial charge on any atom is -0.478 e. The maximum Gasteiger partial charge on any atom is 0.336 e. The van der Waals surface area contributed by atoms with E-state index in [1.807, 2.05) is 54.6 Å². The van der Waals surface area contributed by atoms with E-state index in [9.17, 15) is 9.90 Å². The normalized spacial score (nSPS) is 11.6. The molecular formula is C27H16Br2O3. The van der Waals surface area contributed by atoms with Crippen LogP contribution in [0, 0.1) is 0 Å². The number of carboxylic acid groups (broad SMARTS) is 1. The summed E-state index contributed by atoms with van der Waals surface area (Å²) in [5, 5.41) is 12.9. The molecule has 0 aliphatic carbocycles. The number of hydrogen-bond donors (Lipinski definition) is 1. The van der Waals surface area contributed by atoms with Crippen LogP contribution in [-0.4, -0.2) is 11.1 Å². The fraction of sp³-hybridized carbons (Fsp3) is 0. The average Bonchev–Trinajstić information content (AvgIpc) is 3.24. The molecule has 0 spiro atoms. The van der Waals surface area contributed by atoms with Crippen LogP contribution >= 0.6 is 31.9 Å². The van der Waals surface area contributed by atoms with Crippen molar-refractivity contribution < 1.29 is 14.3 Å². The summed E-state index contributed by atoms with van der Waals surface area (Å²) < 4.78 is 7.76. The Morgan fingerprint density at radius 3 is 2.41 bits per heavy atom. The zero-order valence-electron chi connectivity index (χ0n) is 16.7. The number of benzene rings is 4. The lowest BCUT2D eigenvalue weighted by molar-refractivity contribution is 0.0696. The summed E-state index contributed by atoms with van der Waals surface area (Å²) in [4.78, 5) is 11.5. The van der Waals surface area contributed by atoms with Crippen LogP contribution < -0.4 is 0 Å². The SMILES string of the molecule is O=C(O)c1cc(Br)ccc1C=Cc1ccc(-c2cc3c(ccc4ccccc43)o2)cc1Br. The third kappa shape index (κ3) is 3.90. The second kappa shape index (κ2) is 8.41. The molecule has 156 valence electrons. The predicted molar refractivity (Wildman–Crippen MR) is 137 cm³/mol. The monoisotopic (exact) mass is 546 g/mol. The van der Waals surface area contributed by atoms with Crippen LogP contribution in [0.4, 0.5) is 0 Å². The van der Waals surface area contributed by atoms with Gasteiger partial charge in [0.2, 0.25) is 0 Å². The quantitative estimate of drug-likeness (QED) is 0.229. The van der Waals surface area contributed by atoms with E-state index in [2.05, 4.69) is 56.1 Å². The Morgan fingerprint density at radius 1 is 0.812 bits per heavy atom. The van der Waals surface area contributed by atoms with Gasteiger partial charge in [0.25, 0.3) is 0 Å². The van der Waals surface area contributed by atoms with Crippen molar-refractivity contribution in [1.29, 1.82) is 0 Å². The van der Waals surface area contributed by atoms with E-state index in [-0.39, 0.29) is 5.56 Å². The van der Waals surface area contributed by atoms with E-state index in [1.165, 1.54) is 10.8 Å². The largest absolute Gasteiger partial charge is 0.478 e. The number of carboxylic acids is 1. The van der Waals surface area contributed by atoms with E-state index in [4.69, 9.17) is 4.42 Å². The molecule has 1 aromatic heterocycles. The summed E-state index contributed by atoms with van der Waals surface area (Å²) in [5.41, 5.74) is 3.65. The van der Waals surface area contributed by atoms with Crippen LogP contribution in [-0.2, 0) is 0 Å². The van der Waals surface area contributed by atoms with Crippen molar-refractivity contribution in [3.8, 4) is 11.3 Å². The first-order valence-electron chi connectivity index (χ1n) is 9.92. The van der Waals surface area contributed by atoms with Crippen LogP contribution in [0.25, 0.3) is 45.2 Å². The van der Waals surface area contributed by atoms with Gasteiger partial charge < -0.3 is 9.52 Å². The summed E-state index contributed by atoms with van der Waals surface area (Å²) in [6.45, 7) is 0. The standard InChI is InChI=1S/C27H16Br2O3/c28-20-11-9-17(22(14-20)27(30)31)5-6-18-7-8-19(13-24(18)29)26-15-23-21-4-2-1-3-16(21)10-12-25(23)32-26/h1-15H,(H,30,31). The Morgan fingerprint density at radius 2 is 1.59 bits per heavy atom. The zero-order valence-corrected chi connectivity index (χ0v) is 19.9. The fourth-order valence-corrected chi connectivity index (χ4v) is 4.66. The van der Waals surface area contributed by atoms with Gasteiger partial charge in [0.1, 0.15) is 11.3 Å². The van der Waals surface area contributed by atoms with Gasteiger partial charge in [-0.1, -0.05) is 92.5 Å². The highest BCUT2D eigenvalue weighted by Gasteiger charge is 2.11. The molecule has 32 heavy (non-hydrogen) atoms. The zero-order chi connectivity index (χ0) is 22.2. The van der Waals surface area contributed by atoms with Crippen LogP contribution in [0.2, 0.25) is 0 Å². The number of fused-ring (bicyclic) bond motifs is 3. The number of halogens is 2. The first-order chi connectivity index (χ1) is 15.5. The van der Waals surface area contributed by atoms with Gasteiger partial charge in [0, 0.05) is 19.9 Å². The molecule has 0 unspecified atom stereocenters. The molecule has 0 aliphatic rings. The number of aromatic carboxylic acids is 1. The molecule has 0 bridgehead atoms. The van der Waals surface area contributed by atoms with Crippen molar-refractivity contribution in [2.24, 2.45) is 0 Å². The molecular weight excluding hydrogens is 532 g/mol. The molecule has 0 saturated carbocycles. The van der Waals surface area contributed by atoms with Crippen LogP contribution in [0.3, 0.4) is 0 Å². The third-order valence-electron chi connectivity index (χ3n) is 5.40. The number of furan rings is 1. The molecule has 3 nitrogen and oxygen atoms in total. The predicted octanol–water partition coefficient (Wildman–Crippen LogP) is 8.65. The van der Waals surface area contributed by atoms with Gasteiger partial charge in [-0.25, -0.2) is 4.79 Å². The van der Waals surface area contributed by atoms with Gasteiger partial charge in [0.15, 0.2) is 0 Å². The Labute approximate surface area is 201 Å². The second-order valence-electron chi connectivity index (χ2n) is 7.42. The van der Waals surface area contributed by atoms with Crippen molar-refractivity contribution in [2.45, 2.75) is 0 Å². The molecule has 0 amide bonds. The molecule has 5 heteroatoms. The van der Waals surface area contributed by atoms with Crippen molar-refractivity contribution in [1.82, 2.24) is 0 Å². The highest BCUT2D eigenvalue weighted by molar-refractivity contribution is 9.10. The fourth-order valence-electron chi connectivity index (χ4n) is 3.79. The lowest BCUT2D eigenvalue weighted by Crippen LogP contribution is -1.99. The number of hydrogen-bond acceptors (Lipinski definition) is 2. The van der Waals surface area contributed by atoms with Crippen LogP contribution in [0.5, 0.6) is 0 Å². The van der Waals surface area contributed by atoms with Crippen molar-refractivity contribution in [3.63, 3.8) is 0 Å². The first-order valence-corrected chi connectivity index (χ1v) is 11.5. The molecule has 0 fully saturated rings. The number of carbonyl (C=O) groups is 1. The molecule has 5 aromatic rings. The van der Waals surface area contributed by atoms with Crippen molar-refractivity contribution in [2.75, 3.05) is 0 Å². The third-order valence-corrected chi connectivity index (χ3v) is 6.58. The van der Waals surface area contributed by atoms with Crippen LogP contribution in [0.15, 0.2) is 92.2 Å². The lowest BCUT2D eigenvalue weighted by Gasteiger charge is -2.04. The summed E-state index contributed by atoms with van der Waals surface area (Å²) in [6, 6.07) is 25.6. The Kier molecular flexibility index (Phi) is 5.45. The molecule has 0 saturated heterocycles. The van der Waals surface area contributed by atoms with Gasteiger partial charge in [-0.05, 0) is 52.2 Å². The molecule has 0 radical (unpaired) electrons. The molecule has 1 N–H and O–H groups in total. The average molecular weight is 548 g/mol. The van der Waals surface area contributed by atoms with Crippen molar-refractivity contribution in [3.05, 3.63) is 104 Å². The summed E-state index contributed by atoms with van der Waals surface area (Å²) >= 11 is 6.97. The van der Waals surface area contributed by atoms with Gasteiger partial charge in [0.05, 0.1) is 5.56 Å². The molecule has 0 aliphatic heterocycles. The van der Waals surface area contributed by atoms with E-state index < -0.39 is 5.97 Å². The van der Waals surface area contributed by atoms with Gasteiger partial charge in [-0.15, -0.1) is 0 Å². The smallest absolute Gasteiger partial charge is 0.336 e. The van der Waals surface area contributed by atoms with Gasteiger partial charge in [-0.2, -0.15) is 0 Å². The highest BCUT2D eigenvalue weighted by Crippen LogP contribution is 2.34. The second-order valence-corrected chi connectivity index (χ2v) is 9.19. The maximum atomic E-state index is 11.5. The van der Waals surface area contributed by atoms with Gasteiger partial charge in [-0.3, -0.25) is 0 Å². The molecule has 5 rings (SSSR count). The molecule has 1 heterocycles. The minimum absolute atomic E-state index is 0.248. The Balaban J connectivity index is 1.49. The lowest BCUT2D eigenvalue weighted by atomic mass is 10.0. The molecule has 4 aromatic carbocycles. The summed E-state index contributed by atoms with van der Waals surface area (Å²) in [6.07, 6.45) is 3.71. The number of rotatable bonds is 4. The van der Waals surface area contributed by atoms with Gasteiger partial charge >= 0.3 is 5.97 Å². The summed E-state index contributed by atoms with van der Waals surface area (Å²) in [7, 11) is 0. The molecule has 0 atom stereocenters. The topological polar surface area (TPSA) is 50.4 Å². The Hall–Kier alpha value is -3.15. The minimum atomic E-state index is -0.960. The Bertz CT molecular complexity index is 1530. The summed E-state index contributed by atoms with van der Waals surface area (Å²) in [5.74, 6) is -0.161. The van der Waals surface area contributed by atoms with E-state index in [0.717, 1.165) is 36.8 Å². The van der Waals surface area contributed by atoms with E-state index in [0.29, 0.717) is 5.56 Å². The highest BCUT2D eigenvalue weighted by atomic mass is 79.9. The van der Waals surface area contributed by atoms with Crippen molar-refractivity contribution >= 4 is 71.7 Å². The van der Waals surface area contributed by atoms with E-state index >= 15 is 0 Å². The first kappa shape index (κ1) is 20.7.